The van der Waals surface area contributed by atoms with Crippen molar-refractivity contribution in [1.82, 2.24) is 15.3 Å². The predicted octanol–water partition coefficient (Wildman–Crippen LogP) is 5.63. The van der Waals surface area contributed by atoms with Crippen LogP contribution in [0.2, 0.25) is 0 Å². The molecule has 0 saturated carbocycles. The molecule has 2 N–H and O–H groups in total. The highest BCUT2D eigenvalue weighted by molar-refractivity contribution is 7.90. The Morgan fingerprint density at radius 3 is 2.60 bits per heavy atom. The molecule has 0 spiro atoms. The van der Waals surface area contributed by atoms with Crippen LogP contribution in [-0.4, -0.2) is 44.0 Å². The molecule has 0 aliphatic heterocycles. The number of halogens is 2. The van der Waals surface area contributed by atoms with Gasteiger partial charge in [-0.3, -0.25) is 0 Å². The minimum absolute atomic E-state index is 0.0216. The number of anilines is 2. The van der Waals surface area contributed by atoms with Gasteiger partial charge < -0.3 is 24.5 Å². The lowest BCUT2D eigenvalue weighted by atomic mass is 10.1. The van der Waals surface area contributed by atoms with Crippen molar-refractivity contribution >= 4 is 32.2 Å². The van der Waals surface area contributed by atoms with E-state index in [1.807, 2.05) is 6.07 Å². The van der Waals surface area contributed by atoms with Gasteiger partial charge in [-0.2, -0.15) is 0 Å². The van der Waals surface area contributed by atoms with Gasteiger partial charge in [0.1, 0.15) is 51.7 Å². The number of nitrogens with zero attached hydrogens (tertiary/aromatic N) is 2. The molecule has 2 heterocycles. The van der Waals surface area contributed by atoms with E-state index in [1.165, 1.54) is 36.8 Å². The fraction of sp³-hybridized carbons (Fsp3) is 0.200. The Bertz CT molecular complexity index is 1830. The van der Waals surface area contributed by atoms with Gasteiger partial charge in [0, 0.05) is 36.0 Å². The van der Waals surface area contributed by atoms with E-state index in [4.69, 9.17) is 13.9 Å². The zero-order chi connectivity index (χ0) is 29.7. The molecule has 3 aromatic carbocycles. The lowest BCUT2D eigenvalue weighted by Gasteiger charge is -2.13. The van der Waals surface area contributed by atoms with E-state index < -0.39 is 15.7 Å². The summed E-state index contributed by atoms with van der Waals surface area (Å²) in [4.78, 5) is 8.71. The summed E-state index contributed by atoms with van der Waals surface area (Å²) < 4.78 is 68.1. The molecule has 2 aromatic heterocycles. The molecule has 0 atom stereocenters. The number of benzene rings is 3. The van der Waals surface area contributed by atoms with Crippen LogP contribution in [0.4, 0.5) is 20.3 Å². The van der Waals surface area contributed by atoms with E-state index in [1.54, 1.807) is 43.5 Å². The Hall–Kier alpha value is -4.55. The number of rotatable bonds is 12. The summed E-state index contributed by atoms with van der Waals surface area (Å²) in [6.07, 6.45) is 2.58. The van der Waals surface area contributed by atoms with Crippen molar-refractivity contribution < 1.29 is 31.1 Å². The number of sulfone groups is 1. The quantitative estimate of drug-likeness (QED) is 0.177. The zero-order valence-electron chi connectivity index (χ0n) is 22.9. The second-order valence-electron chi connectivity index (χ2n) is 9.55. The maximum atomic E-state index is 14.9. The molecule has 0 bridgehead atoms. The number of ether oxygens (including phenoxy) is 2. The highest BCUT2D eigenvalue weighted by Gasteiger charge is 2.16. The Kier molecular flexibility index (Phi) is 8.64. The number of nitrogens with one attached hydrogen (secondary N) is 2. The van der Waals surface area contributed by atoms with E-state index in [0.29, 0.717) is 63.9 Å². The molecule has 0 aliphatic carbocycles. The molecule has 5 rings (SSSR count). The van der Waals surface area contributed by atoms with Crippen molar-refractivity contribution in [3.05, 3.63) is 96.0 Å². The second-order valence-corrected chi connectivity index (χ2v) is 11.8. The number of hydrogen-bond acceptors (Lipinski definition) is 9. The summed E-state index contributed by atoms with van der Waals surface area (Å²) in [5.41, 5.74) is 2.26. The fourth-order valence-corrected chi connectivity index (χ4v) is 4.77. The smallest absolute Gasteiger partial charge is 0.167 e. The summed E-state index contributed by atoms with van der Waals surface area (Å²) in [5, 5.41) is 6.84. The van der Waals surface area contributed by atoms with Gasteiger partial charge in [0.2, 0.25) is 0 Å². The van der Waals surface area contributed by atoms with Gasteiger partial charge in [0.15, 0.2) is 11.6 Å². The van der Waals surface area contributed by atoms with E-state index in [0.717, 1.165) is 0 Å². The molecule has 12 heteroatoms. The van der Waals surface area contributed by atoms with Gasteiger partial charge in [-0.25, -0.2) is 27.2 Å². The average Bonchev–Trinajstić information content (AvgIpc) is 3.43. The van der Waals surface area contributed by atoms with Crippen LogP contribution in [0.3, 0.4) is 0 Å². The SMILES string of the molecule is COc1cc2ncnc(Nc3ccc(OCc4cccc(F)c4)c(F)c3)c2cc1-c1ccc(CNCCS(C)(=O)=O)o1. The molecule has 218 valence electrons. The molecule has 0 radical (unpaired) electrons. The minimum atomic E-state index is -3.06. The van der Waals surface area contributed by atoms with E-state index >= 15 is 0 Å². The highest BCUT2D eigenvalue weighted by atomic mass is 32.2. The Labute approximate surface area is 241 Å². The molecule has 0 aliphatic rings. The largest absolute Gasteiger partial charge is 0.496 e. The molecular weight excluding hydrogens is 566 g/mol. The van der Waals surface area contributed by atoms with Crippen LogP contribution in [0.5, 0.6) is 11.5 Å². The van der Waals surface area contributed by atoms with Crippen LogP contribution in [0.1, 0.15) is 11.3 Å². The first-order chi connectivity index (χ1) is 20.2. The fourth-order valence-electron chi connectivity index (χ4n) is 4.25. The van der Waals surface area contributed by atoms with Crippen LogP contribution in [0, 0.1) is 11.6 Å². The third-order valence-electron chi connectivity index (χ3n) is 6.31. The molecule has 0 saturated heterocycles. The first-order valence-electron chi connectivity index (χ1n) is 12.9. The van der Waals surface area contributed by atoms with Crippen LogP contribution in [0.15, 0.2) is 77.5 Å². The molecule has 0 fully saturated rings. The Morgan fingerprint density at radius 1 is 0.976 bits per heavy atom. The van der Waals surface area contributed by atoms with Gasteiger partial charge >= 0.3 is 0 Å². The molecule has 0 unspecified atom stereocenters. The number of aromatic nitrogens is 2. The van der Waals surface area contributed by atoms with Crippen LogP contribution >= 0.6 is 0 Å². The minimum Gasteiger partial charge on any atom is -0.496 e. The first-order valence-corrected chi connectivity index (χ1v) is 15.0. The van der Waals surface area contributed by atoms with Crippen molar-refractivity contribution in [1.29, 1.82) is 0 Å². The number of furan rings is 1. The highest BCUT2D eigenvalue weighted by Crippen LogP contribution is 2.37. The maximum Gasteiger partial charge on any atom is 0.167 e. The predicted molar refractivity (Wildman–Crippen MR) is 156 cm³/mol. The first kappa shape index (κ1) is 29.0. The van der Waals surface area contributed by atoms with Crippen molar-refractivity contribution in [2.45, 2.75) is 13.2 Å². The third-order valence-corrected chi connectivity index (χ3v) is 7.26. The third kappa shape index (κ3) is 7.20. The van der Waals surface area contributed by atoms with Crippen molar-refractivity contribution in [2.75, 3.05) is 31.0 Å². The molecule has 9 nitrogen and oxygen atoms in total. The summed E-state index contributed by atoms with van der Waals surface area (Å²) in [6.45, 7) is 0.684. The van der Waals surface area contributed by atoms with Gasteiger partial charge in [0.25, 0.3) is 0 Å². The monoisotopic (exact) mass is 594 g/mol. The lowest BCUT2D eigenvalue weighted by Crippen LogP contribution is -2.21. The van der Waals surface area contributed by atoms with Crippen LogP contribution < -0.4 is 20.1 Å². The molecule has 42 heavy (non-hydrogen) atoms. The summed E-state index contributed by atoms with van der Waals surface area (Å²) in [7, 11) is -1.51. The molecule has 0 amide bonds. The van der Waals surface area contributed by atoms with Gasteiger partial charge in [-0.05, 0) is 48.0 Å². The topological polar surface area (TPSA) is 116 Å². The average molecular weight is 595 g/mol. The van der Waals surface area contributed by atoms with Gasteiger partial charge in [0.05, 0.1) is 30.5 Å². The number of fused-ring (bicyclic) bond motifs is 1. The van der Waals surface area contributed by atoms with Crippen LogP contribution in [-0.2, 0) is 23.0 Å². The number of methoxy groups -OCH3 is 1. The zero-order valence-corrected chi connectivity index (χ0v) is 23.7. The lowest BCUT2D eigenvalue weighted by molar-refractivity contribution is 0.290. The standard InChI is InChI=1S/C30H28F2N4O5S/c1-39-29-15-26-23(14-24(29)27-9-7-22(41-27)16-33-10-11-42(2,37)38)30(35-18-34-26)36-21-6-8-28(25(32)13-21)40-17-19-4-3-5-20(31)12-19/h3-9,12-15,18,33H,10-11,16-17H2,1-2H3,(H,34,35,36). The van der Waals surface area contributed by atoms with Gasteiger partial charge in [-0.15, -0.1) is 0 Å². The summed E-state index contributed by atoms with van der Waals surface area (Å²) in [5.74, 6) is 1.21. The second kappa shape index (κ2) is 12.5. The summed E-state index contributed by atoms with van der Waals surface area (Å²) in [6, 6.07) is 17.5. The van der Waals surface area contributed by atoms with Crippen LogP contribution in [0.25, 0.3) is 22.2 Å². The van der Waals surface area contributed by atoms with Crippen molar-refractivity contribution in [3.63, 3.8) is 0 Å². The molecule has 5 aromatic rings. The summed E-state index contributed by atoms with van der Waals surface area (Å²) >= 11 is 0. The van der Waals surface area contributed by atoms with Crippen molar-refractivity contribution in [2.24, 2.45) is 0 Å². The van der Waals surface area contributed by atoms with E-state index in [9.17, 15) is 17.2 Å². The van der Waals surface area contributed by atoms with Gasteiger partial charge in [-0.1, -0.05) is 12.1 Å². The Balaban J connectivity index is 1.35. The number of hydrogen-bond donors (Lipinski definition) is 2. The maximum absolute atomic E-state index is 14.9. The molecular formula is C30H28F2N4O5S. The van der Waals surface area contributed by atoms with E-state index in [-0.39, 0.29) is 23.9 Å². The van der Waals surface area contributed by atoms with Crippen molar-refractivity contribution in [3.8, 4) is 22.8 Å². The normalized spacial score (nSPS) is 11.5. The Morgan fingerprint density at radius 2 is 1.83 bits per heavy atom. The van der Waals surface area contributed by atoms with E-state index in [2.05, 4.69) is 20.6 Å².